The fourth-order valence-electron chi connectivity index (χ4n) is 5.67. The van der Waals surface area contributed by atoms with E-state index < -0.39 is 42.1 Å². The van der Waals surface area contributed by atoms with Gasteiger partial charge in [-0.25, -0.2) is 9.78 Å². The van der Waals surface area contributed by atoms with Gasteiger partial charge in [0.25, 0.3) is 0 Å². The number of hydrogen-bond donors (Lipinski definition) is 7. The van der Waals surface area contributed by atoms with Crippen LogP contribution in [-0.4, -0.2) is 74.6 Å². The molecule has 0 aliphatic carbocycles. The highest BCUT2D eigenvalue weighted by atomic mass is 16.5. The van der Waals surface area contributed by atoms with E-state index in [2.05, 4.69) is 36.2 Å². The fraction of sp³-hybridized carbons (Fsp3) is 0.447. The maximum Gasteiger partial charge on any atom is 0.408 e. The Balaban J connectivity index is 1.52. The summed E-state index contributed by atoms with van der Waals surface area (Å²) in [4.78, 5) is 63.9. The molecule has 0 fully saturated rings. The van der Waals surface area contributed by atoms with Gasteiger partial charge in [-0.1, -0.05) is 82.6 Å². The van der Waals surface area contributed by atoms with Crippen molar-refractivity contribution in [2.45, 2.75) is 90.6 Å². The highest BCUT2D eigenvalue weighted by Crippen LogP contribution is 2.20. The maximum absolute atomic E-state index is 14.1. The van der Waals surface area contributed by atoms with E-state index in [-0.39, 0.29) is 37.7 Å². The molecule has 1 unspecified atom stereocenters. The number of hydrogen-bond acceptors (Lipinski definition) is 7. The Kier molecular flexibility index (Phi) is 14.6. The van der Waals surface area contributed by atoms with Crippen molar-refractivity contribution in [3.05, 3.63) is 90.1 Å². The van der Waals surface area contributed by atoms with E-state index in [1.54, 1.807) is 12.4 Å². The average Bonchev–Trinajstić information content (AvgIpc) is 3.79. The van der Waals surface area contributed by atoms with Gasteiger partial charge in [0.05, 0.1) is 24.9 Å². The number of nitrogens with one attached hydrogen (secondary N) is 6. The Labute approximate surface area is 298 Å². The number of aromatic amines is 2. The van der Waals surface area contributed by atoms with Gasteiger partial charge in [0.1, 0.15) is 18.7 Å². The lowest BCUT2D eigenvalue weighted by Gasteiger charge is -2.29. The van der Waals surface area contributed by atoms with Gasteiger partial charge >= 0.3 is 6.09 Å². The number of para-hydroxylation sites is 1. The minimum absolute atomic E-state index is 0.00811. The molecule has 4 rings (SSSR count). The molecule has 5 atom stereocenters. The van der Waals surface area contributed by atoms with Crippen LogP contribution in [0.25, 0.3) is 10.9 Å². The number of fused-ring (bicyclic) bond motifs is 1. The first-order chi connectivity index (χ1) is 24.5. The Hall–Kier alpha value is -5.17. The molecule has 2 aromatic heterocycles. The lowest BCUT2D eigenvalue weighted by molar-refractivity contribution is -0.131. The van der Waals surface area contributed by atoms with Crippen LogP contribution < -0.4 is 21.3 Å². The molecular formula is C38H51N7O6. The van der Waals surface area contributed by atoms with Gasteiger partial charge in [-0.2, -0.15) is 0 Å². The standard InChI is InChI=1S/C38H51N7O6/c1-5-25(4)19-41-35(47)18-34(46)31(15-24(2)3)43-37(49)33(17-28-21-39-23-42-28)44-36(48)32(16-27-20-40-30-14-10-9-13-29(27)30)45-38(50)51-22-26-11-7-6-8-12-26/h6-14,20-21,23-25,31-34,40,46H,5,15-19,22H2,1-4H3,(H,39,42)(H,41,47)(H,43,49)(H,44,48)(H,45,50)/t25?,31-,32-,33-,34-/m0/s1. The van der Waals surface area contributed by atoms with Crippen molar-refractivity contribution in [3.8, 4) is 0 Å². The third kappa shape index (κ3) is 12.3. The number of benzene rings is 2. The van der Waals surface area contributed by atoms with E-state index in [4.69, 9.17) is 4.74 Å². The van der Waals surface area contributed by atoms with Crippen LogP contribution in [0.1, 0.15) is 63.8 Å². The molecule has 13 heteroatoms. The van der Waals surface area contributed by atoms with Gasteiger partial charge in [-0.05, 0) is 35.4 Å². The quantitative estimate of drug-likeness (QED) is 0.0772. The van der Waals surface area contributed by atoms with Gasteiger partial charge in [-0.15, -0.1) is 0 Å². The number of nitrogens with zero attached hydrogens (tertiary/aromatic N) is 1. The zero-order valence-electron chi connectivity index (χ0n) is 29.8. The van der Waals surface area contributed by atoms with Crippen LogP contribution in [0, 0.1) is 11.8 Å². The third-order valence-electron chi connectivity index (χ3n) is 8.79. The van der Waals surface area contributed by atoms with Crippen LogP contribution in [-0.2, 0) is 38.6 Å². The molecule has 0 saturated heterocycles. The molecule has 0 saturated carbocycles. The van der Waals surface area contributed by atoms with E-state index in [0.29, 0.717) is 24.6 Å². The number of carbonyl (C=O) groups excluding carboxylic acids is 4. The number of rotatable bonds is 19. The second kappa shape index (κ2) is 19.3. The van der Waals surface area contributed by atoms with E-state index in [0.717, 1.165) is 28.5 Å². The molecular weight excluding hydrogens is 650 g/mol. The summed E-state index contributed by atoms with van der Waals surface area (Å²) in [6.45, 7) is 8.48. The minimum Gasteiger partial charge on any atom is -0.445 e. The number of carbonyl (C=O) groups is 4. The molecule has 0 aliphatic heterocycles. The predicted octanol–water partition coefficient (Wildman–Crippen LogP) is 3.90. The van der Waals surface area contributed by atoms with Crippen LogP contribution in [0.5, 0.6) is 0 Å². The first-order valence-electron chi connectivity index (χ1n) is 17.6. The molecule has 4 amide bonds. The molecule has 274 valence electrons. The number of aliphatic hydroxyl groups excluding tert-OH is 1. The van der Waals surface area contributed by atoms with Gasteiger partial charge in [-0.3, -0.25) is 14.4 Å². The molecule has 13 nitrogen and oxygen atoms in total. The van der Waals surface area contributed by atoms with Gasteiger partial charge in [0, 0.05) is 48.4 Å². The highest BCUT2D eigenvalue weighted by Gasteiger charge is 2.32. The summed E-state index contributed by atoms with van der Waals surface area (Å²) in [5.74, 6) is -1.09. The van der Waals surface area contributed by atoms with Crippen molar-refractivity contribution in [1.82, 2.24) is 36.2 Å². The molecule has 0 spiro atoms. The molecule has 0 radical (unpaired) electrons. The first-order valence-corrected chi connectivity index (χ1v) is 17.6. The molecule has 4 aromatic rings. The summed E-state index contributed by atoms with van der Waals surface area (Å²) in [6.07, 6.45) is 4.13. The lowest BCUT2D eigenvalue weighted by atomic mass is 9.96. The van der Waals surface area contributed by atoms with Crippen molar-refractivity contribution in [3.63, 3.8) is 0 Å². The molecule has 51 heavy (non-hydrogen) atoms. The zero-order valence-corrected chi connectivity index (χ0v) is 29.8. The van der Waals surface area contributed by atoms with E-state index in [9.17, 15) is 24.3 Å². The second-order valence-corrected chi connectivity index (χ2v) is 13.5. The monoisotopic (exact) mass is 701 g/mol. The number of H-pyrrole nitrogens is 2. The van der Waals surface area contributed by atoms with Crippen molar-refractivity contribution in [2.24, 2.45) is 11.8 Å². The van der Waals surface area contributed by atoms with Crippen LogP contribution in [0.4, 0.5) is 4.79 Å². The Morgan fingerprint density at radius 3 is 2.29 bits per heavy atom. The summed E-state index contributed by atoms with van der Waals surface area (Å²) < 4.78 is 5.45. The van der Waals surface area contributed by atoms with Crippen molar-refractivity contribution in [2.75, 3.05) is 6.54 Å². The summed E-state index contributed by atoms with van der Waals surface area (Å²) in [5.41, 5.74) is 3.03. The van der Waals surface area contributed by atoms with Gasteiger partial charge in [0.15, 0.2) is 0 Å². The Bertz CT molecular complexity index is 1690. The normalized spacial score (nSPS) is 14.2. The van der Waals surface area contributed by atoms with Crippen molar-refractivity contribution < 1.29 is 29.0 Å². The number of aliphatic hydroxyl groups is 1. The van der Waals surface area contributed by atoms with Crippen molar-refractivity contribution in [1.29, 1.82) is 0 Å². The Morgan fingerprint density at radius 2 is 1.59 bits per heavy atom. The third-order valence-corrected chi connectivity index (χ3v) is 8.79. The largest absolute Gasteiger partial charge is 0.445 e. The van der Waals surface area contributed by atoms with Crippen LogP contribution in [0.2, 0.25) is 0 Å². The molecule has 0 aliphatic rings. The first kappa shape index (κ1) is 38.6. The fourth-order valence-corrected chi connectivity index (χ4v) is 5.67. The molecule has 0 bridgehead atoms. The number of ether oxygens (including phenoxy) is 1. The maximum atomic E-state index is 14.1. The highest BCUT2D eigenvalue weighted by molar-refractivity contribution is 5.92. The van der Waals surface area contributed by atoms with Gasteiger partial charge < -0.3 is 41.1 Å². The van der Waals surface area contributed by atoms with E-state index >= 15 is 0 Å². The zero-order chi connectivity index (χ0) is 36.8. The predicted molar refractivity (Wildman–Crippen MR) is 194 cm³/mol. The van der Waals surface area contributed by atoms with E-state index in [1.165, 1.54) is 6.33 Å². The van der Waals surface area contributed by atoms with Crippen LogP contribution >= 0.6 is 0 Å². The minimum atomic E-state index is -1.16. The topological polar surface area (TPSA) is 190 Å². The lowest BCUT2D eigenvalue weighted by Crippen LogP contribution is -2.57. The molecule has 2 aromatic carbocycles. The van der Waals surface area contributed by atoms with E-state index in [1.807, 2.05) is 82.3 Å². The van der Waals surface area contributed by atoms with Crippen molar-refractivity contribution >= 4 is 34.7 Å². The summed E-state index contributed by atoms with van der Waals surface area (Å²) in [5, 5.41) is 23.3. The van der Waals surface area contributed by atoms with Crippen LogP contribution in [0.15, 0.2) is 73.3 Å². The molecule has 2 heterocycles. The average molecular weight is 702 g/mol. The molecule has 7 N–H and O–H groups in total. The Morgan fingerprint density at radius 1 is 0.882 bits per heavy atom. The number of aromatic nitrogens is 3. The summed E-state index contributed by atoms with van der Waals surface area (Å²) in [7, 11) is 0. The van der Waals surface area contributed by atoms with Gasteiger partial charge in [0.2, 0.25) is 17.7 Å². The second-order valence-electron chi connectivity index (χ2n) is 13.5. The van der Waals surface area contributed by atoms with Crippen LogP contribution in [0.3, 0.4) is 0 Å². The number of amides is 4. The summed E-state index contributed by atoms with van der Waals surface area (Å²) in [6, 6.07) is 13.8. The number of alkyl carbamates (subject to hydrolysis) is 1. The SMILES string of the molecule is CCC(C)CNC(=O)C[C@H](O)[C@H](CC(C)C)NC(=O)[C@H](Cc1cnc[nH]1)NC(=O)[C@H](Cc1c[nH]c2ccccc12)NC(=O)OCc1ccccc1. The number of imidazole rings is 1. The smallest absolute Gasteiger partial charge is 0.408 e. The summed E-state index contributed by atoms with van der Waals surface area (Å²) >= 11 is 0.